The second-order valence-corrected chi connectivity index (χ2v) is 8.61. The normalized spacial score (nSPS) is 14.2. The van der Waals surface area contributed by atoms with Crippen molar-refractivity contribution in [1.82, 2.24) is 10.2 Å². The van der Waals surface area contributed by atoms with Crippen LogP contribution in [0.3, 0.4) is 0 Å². The van der Waals surface area contributed by atoms with E-state index in [4.69, 9.17) is 4.42 Å². The Labute approximate surface area is 192 Å². The molecule has 0 saturated carbocycles. The Morgan fingerprint density at radius 2 is 1.88 bits per heavy atom. The third kappa shape index (κ3) is 5.23. The van der Waals surface area contributed by atoms with Crippen molar-refractivity contribution in [3.8, 4) is 0 Å². The molecule has 170 valence electrons. The van der Waals surface area contributed by atoms with E-state index in [1.54, 1.807) is 29.2 Å². The standard InChI is InChI=1S/C23H20FN3O5S/c24-19-3-1-2-4-21(19)33-20-6-5-17(27(30)31)13-18(20)22(28)25-16-7-10-26(11-8-16)23(29)15-9-12-32-14-15/h1-6,9,12-14,16H,7-8,10-11H2,(H,25,28). The van der Waals surface area contributed by atoms with Gasteiger partial charge in [0.2, 0.25) is 0 Å². The molecule has 0 aliphatic carbocycles. The number of halogens is 1. The van der Waals surface area contributed by atoms with Crippen LogP contribution in [0.25, 0.3) is 0 Å². The van der Waals surface area contributed by atoms with Gasteiger partial charge in [-0.25, -0.2) is 4.39 Å². The minimum Gasteiger partial charge on any atom is -0.472 e. The molecule has 1 aromatic heterocycles. The van der Waals surface area contributed by atoms with Gasteiger partial charge < -0.3 is 14.6 Å². The van der Waals surface area contributed by atoms with E-state index in [2.05, 4.69) is 5.32 Å². The summed E-state index contributed by atoms with van der Waals surface area (Å²) < 4.78 is 19.1. The van der Waals surface area contributed by atoms with Crippen molar-refractivity contribution in [1.29, 1.82) is 0 Å². The number of carbonyl (C=O) groups is 2. The third-order valence-corrected chi connectivity index (χ3v) is 6.49. The summed E-state index contributed by atoms with van der Waals surface area (Å²) in [6.45, 7) is 0.918. The molecule has 3 aromatic rings. The quantitative estimate of drug-likeness (QED) is 0.421. The van der Waals surface area contributed by atoms with E-state index in [-0.39, 0.29) is 23.2 Å². The lowest BCUT2D eigenvalue weighted by Gasteiger charge is -2.32. The molecule has 10 heteroatoms. The number of piperidine rings is 1. The summed E-state index contributed by atoms with van der Waals surface area (Å²) in [7, 11) is 0. The molecule has 0 bridgehead atoms. The lowest BCUT2D eigenvalue weighted by molar-refractivity contribution is -0.384. The number of furan rings is 1. The minimum absolute atomic E-state index is 0.106. The lowest BCUT2D eigenvalue weighted by Crippen LogP contribution is -2.46. The number of hydrogen-bond acceptors (Lipinski definition) is 6. The smallest absolute Gasteiger partial charge is 0.270 e. The molecule has 33 heavy (non-hydrogen) atoms. The first-order valence-corrected chi connectivity index (χ1v) is 11.1. The zero-order valence-electron chi connectivity index (χ0n) is 17.4. The highest BCUT2D eigenvalue weighted by Crippen LogP contribution is 2.34. The third-order valence-electron chi connectivity index (χ3n) is 5.36. The van der Waals surface area contributed by atoms with Gasteiger partial charge in [-0.3, -0.25) is 19.7 Å². The SMILES string of the molecule is O=C(NC1CCN(C(=O)c2ccoc2)CC1)c1cc([N+](=O)[O-])ccc1Sc1ccccc1F. The van der Waals surface area contributed by atoms with Crippen LogP contribution in [-0.4, -0.2) is 40.8 Å². The van der Waals surface area contributed by atoms with Gasteiger partial charge in [0.25, 0.3) is 17.5 Å². The summed E-state index contributed by atoms with van der Waals surface area (Å²) in [4.78, 5) is 38.6. The molecule has 0 unspecified atom stereocenters. The molecule has 0 atom stereocenters. The fourth-order valence-corrected chi connectivity index (χ4v) is 4.55. The van der Waals surface area contributed by atoms with Gasteiger partial charge in [-0.05, 0) is 37.1 Å². The van der Waals surface area contributed by atoms with Crippen molar-refractivity contribution in [3.05, 3.63) is 88.1 Å². The molecule has 1 aliphatic rings. The fourth-order valence-electron chi connectivity index (χ4n) is 3.60. The first-order chi connectivity index (χ1) is 15.9. The highest BCUT2D eigenvalue weighted by Gasteiger charge is 2.27. The molecule has 2 heterocycles. The average molecular weight is 469 g/mol. The van der Waals surface area contributed by atoms with Crippen molar-refractivity contribution >= 4 is 29.3 Å². The monoisotopic (exact) mass is 469 g/mol. The molecule has 1 saturated heterocycles. The number of nitrogens with one attached hydrogen (secondary N) is 1. The van der Waals surface area contributed by atoms with Gasteiger partial charge in [0.1, 0.15) is 12.1 Å². The van der Waals surface area contributed by atoms with E-state index in [0.29, 0.717) is 41.3 Å². The predicted octanol–water partition coefficient (Wildman–Crippen LogP) is 4.51. The molecule has 1 fully saturated rings. The summed E-state index contributed by atoms with van der Waals surface area (Å²) >= 11 is 1.03. The number of amides is 2. The summed E-state index contributed by atoms with van der Waals surface area (Å²) in [5.74, 6) is -1.05. The van der Waals surface area contributed by atoms with Gasteiger partial charge in [-0.1, -0.05) is 23.9 Å². The highest BCUT2D eigenvalue weighted by atomic mass is 32.2. The van der Waals surface area contributed by atoms with Gasteiger partial charge in [0, 0.05) is 41.1 Å². The molecule has 1 N–H and O–H groups in total. The number of carbonyl (C=O) groups excluding carboxylic acids is 2. The number of hydrogen-bond donors (Lipinski definition) is 1. The van der Waals surface area contributed by atoms with E-state index in [1.807, 2.05) is 0 Å². The van der Waals surface area contributed by atoms with E-state index in [9.17, 15) is 24.1 Å². The molecule has 0 radical (unpaired) electrons. The molecule has 1 aliphatic heterocycles. The molecule has 2 aromatic carbocycles. The Morgan fingerprint density at radius 3 is 2.55 bits per heavy atom. The van der Waals surface area contributed by atoms with Crippen molar-refractivity contribution in [2.24, 2.45) is 0 Å². The van der Waals surface area contributed by atoms with Gasteiger partial charge >= 0.3 is 0 Å². The Hall–Kier alpha value is -3.66. The lowest BCUT2D eigenvalue weighted by atomic mass is 10.0. The minimum atomic E-state index is -0.575. The zero-order valence-corrected chi connectivity index (χ0v) is 18.2. The van der Waals surface area contributed by atoms with Crippen molar-refractivity contribution < 1.29 is 23.3 Å². The Bertz CT molecular complexity index is 1180. The molecular weight excluding hydrogens is 449 g/mol. The molecular formula is C23H20FN3O5S. The van der Waals surface area contributed by atoms with Crippen molar-refractivity contribution in [2.45, 2.75) is 28.7 Å². The van der Waals surface area contributed by atoms with Crippen LogP contribution in [0.15, 0.2) is 75.3 Å². The second kappa shape index (κ2) is 9.86. The van der Waals surface area contributed by atoms with E-state index >= 15 is 0 Å². The number of nitro groups is 1. The van der Waals surface area contributed by atoms with Crippen molar-refractivity contribution in [3.63, 3.8) is 0 Å². The largest absolute Gasteiger partial charge is 0.472 e. The Kier molecular flexibility index (Phi) is 6.74. The highest BCUT2D eigenvalue weighted by molar-refractivity contribution is 7.99. The number of likely N-dealkylation sites (tertiary alicyclic amines) is 1. The van der Waals surface area contributed by atoms with Crippen LogP contribution in [0.2, 0.25) is 0 Å². The summed E-state index contributed by atoms with van der Waals surface area (Å²) in [5, 5.41) is 14.2. The number of nitrogens with zero attached hydrogens (tertiary/aromatic N) is 2. The maximum atomic E-state index is 14.1. The maximum absolute atomic E-state index is 14.1. The van der Waals surface area contributed by atoms with Gasteiger partial charge in [-0.15, -0.1) is 0 Å². The van der Waals surface area contributed by atoms with Crippen LogP contribution in [0.4, 0.5) is 10.1 Å². The molecule has 0 spiro atoms. The van der Waals surface area contributed by atoms with Crippen LogP contribution in [0.5, 0.6) is 0 Å². The number of nitro benzene ring substituents is 1. The van der Waals surface area contributed by atoms with E-state index in [1.165, 1.54) is 36.8 Å². The zero-order chi connectivity index (χ0) is 23.4. The summed E-state index contributed by atoms with van der Waals surface area (Å²) in [6, 6.07) is 11.5. The average Bonchev–Trinajstić information content (AvgIpc) is 3.36. The van der Waals surface area contributed by atoms with Crippen LogP contribution in [-0.2, 0) is 0 Å². The first kappa shape index (κ1) is 22.5. The Morgan fingerprint density at radius 1 is 1.12 bits per heavy atom. The first-order valence-electron chi connectivity index (χ1n) is 10.3. The maximum Gasteiger partial charge on any atom is 0.270 e. The van der Waals surface area contributed by atoms with Gasteiger partial charge in [0.15, 0.2) is 0 Å². The fraction of sp³-hybridized carbons (Fsp3) is 0.217. The van der Waals surface area contributed by atoms with Crippen molar-refractivity contribution in [2.75, 3.05) is 13.1 Å². The van der Waals surface area contributed by atoms with Crippen LogP contribution in [0, 0.1) is 15.9 Å². The van der Waals surface area contributed by atoms with Crippen LogP contribution < -0.4 is 5.32 Å². The molecule has 2 amide bonds. The van der Waals surface area contributed by atoms with E-state index < -0.39 is 16.6 Å². The second-order valence-electron chi connectivity index (χ2n) is 7.52. The van der Waals surface area contributed by atoms with Gasteiger partial charge in [0.05, 0.1) is 22.3 Å². The molecule has 4 rings (SSSR count). The number of rotatable bonds is 6. The molecule has 8 nitrogen and oxygen atoms in total. The van der Waals surface area contributed by atoms with Crippen LogP contribution in [0.1, 0.15) is 33.6 Å². The summed E-state index contributed by atoms with van der Waals surface area (Å²) in [6.07, 6.45) is 3.92. The topological polar surface area (TPSA) is 106 Å². The Balaban J connectivity index is 1.47. The predicted molar refractivity (Wildman–Crippen MR) is 119 cm³/mol. The number of non-ortho nitro benzene ring substituents is 1. The van der Waals surface area contributed by atoms with Crippen LogP contribution >= 0.6 is 11.8 Å². The van der Waals surface area contributed by atoms with Gasteiger partial charge in [-0.2, -0.15) is 0 Å². The number of benzene rings is 2. The van der Waals surface area contributed by atoms with E-state index in [0.717, 1.165) is 11.8 Å². The summed E-state index contributed by atoms with van der Waals surface area (Å²) in [5.41, 5.74) is 0.358.